The Bertz CT molecular complexity index is 246. The van der Waals surface area contributed by atoms with Gasteiger partial charge in [-0.05, 0) is 26.7 Å². The Hall–Kier alpha value is -1.26. The van der Waals surface area contributed by atoms with Gasteiger partial charge in [0.1, 0.15) is 0 Å². The zero-order chi connectivity index (χ0) is 11.3. The van der Waals surface area contributed by atoms with Gasteiger partial charge in [0, 0.05) is 18.5 Å². The fourth-order valence-electron chi connectivity index (χ4n) is 1.19. The topological polar surface area (TPSA) is 79.5 Å². The molecule has 0 spiro atoms. The Balaban J connectivity index is 2.06. The molecule has 1 fully saturated rings. The van der Waals surface area contributed by atoms with Gasteiger partial charge >= 0.3 is 0 Å². The van der Waals surface area contributed by atoms with Crippen LogP contribution in [0.25, 0.3) is 0 Å². The molecule has 5 nitrogen and oxygen atoms in total. The molecule has 0 saturated heterocycles. The molecule has 1 aliphatic rings. The lowest BCUT2D eigenvalue weighted by Crippen LogP contribution is -2.37. The van der Waals surface area contributed by atoms with Gasteiger partial charge in [0.05, 0.1) is 6.54 Å². The second kappa shape index (κ2) is 5.58. The Kier molecular flexibility index (Phi) is 4.39. The number of nitrogens with zero attached hydrogens (tertiary/aromatic N) is 1. The second-order valence-corrected chi connectivity index (χ2v) is 4.13. The Labute approximate surface area is 90.5 Å². The Morgan fingerprint density at radius 1 is 1.53 bits per heavy atom. The predicted molar refractivity (Wildman–Crippen MR) is 60.5 cm³/mol. The molecule has 5 heteroatoms. The van der Waals surface area contributed by atoms with E-state index >= 15 is 0 Å². The van der Waals surface area contributed by atoms with Crippen molar-refractivity contribution in [3.8, 4) is 0 Å². The SMILES string of the molecule is CC(C)NC(N)=NCCNC(=O)C1CC1. The summed E-state index contributed by atoms with van der Waals surface area (Å²) >= 11 is 0. The third-order valence-electron chi connectivity index (χ3n) is 2.08. The molecule has 0 unspecified atom stereocenters. The fourth-order valence-corrected chi connectivity index (χ4v) is 1.19. The van der Waals surface area contributed by atoms with E-state index in [0.29, 0.717) is 19.0 Å². The Morgan fingerprint density at radius 2 is 2.20 bits per heavy atom. The van der Waals surface area contributed by atoms with Crippen molar-refractivity contribution in [2.24, 2.45) is 16.6 Å². The first-order valence-electron chi connectivity index (χ1n) is 5.43. The maximum absolute atomic E-state index is 11.2. The average molecular weight is 212 g/mol. The van der Waals surface area contributed by atoms with Gasteiger partial charge in [-0.3, -0.25) is 9.79 Å². The number of guanidine groups is 1. The van der Waals surface area contributed by atoms with Crippen molar-refractivity contribution in [1.82, 2.24) is 10.6 Å². The van der Waals surface area contributed by atoms with E-state index in [1.54, 1.807) is 0 Å². The molecule has 0 aromatic heterocycles. The van der Waals surface area contributed by atoms with Crippen molar-refractivity contribution in [1.29, 1.82) is 0 Å². The highest BCUT2D eigenvalue weighted by Crippen LogP contribution is 2.28. The van der Waals surface area contributed by atoms with Gasteiger partial charge < -0.3 is 16.4 Å². The smallest absolute Gasteiger partial charge is 0.223 e. The molecule has 15 heavy (non-hydrogen) atoms. The fraction of sp³-hybridized carbons (Fsp3) is 0.800. The van der Waals surface area contributed by atoms with Crippen LogP contribution in [-0.2, 0) is 4.79 Å². The molecule has 0 heterocycles. The number of amides is 1. The molecule has 0 aromatic rings. The number of hydrogen-bond acceptors (Lipinski definition) is 2. The number of aliphatic imine (C=N–C) groups is 1. The van der Waals surface area contributed by atoms with E-state index in [0.717, 1.165) is 12.8 Å². The molecule has 86 valence electrons. The van der Waals surface area contributed by atoms with Crippen molar-refractivity contribution < 1.29 is 4.79 Å². The summed E-state index contributed by atoms with van der Waals surface area (Å²) in [5, 5.41) is 5.80. The van der Waals surface area contributed by atoms with E-state index in [2.05, 4.69) is 15.6 Å². The lowest BCUT2D eigenvalue weighted by molar-refractivity contribution is -0.122. The molecule has 4 N–H and O–H groups in total. The van der Waals surface area contributed by atoms with Crippen LogP contribution in [0, 0.1) is 5.92 Å². The van der Waals surface area contributed by atoms with Crippen molar-refractivity contribution in [2.75, 3.05) is 13.1 Å². The van der Waals surface area contributed by atoms with Crippen LogP contribution in [0.5, 0.6) is 0 Å². The molecule has 0 radical (unpaired) electrons. The number of rotatable bonds is 5. The summed E-state index contributed by atoms with van der Waals surface area (Å²) < 4.78 is 0. The molecule has 0 aliphatic heterocycles. The monoisotopic (exact) mass is 212 g/mol. The second-order valence-electron chi connectivity index (χ2n) is 4.13. The summed E-state index contributed by atoms with van der Waals surface area (Å²) in [5.41, 5.74) is 5.59. The molecule has 0 atom stereocenters. The lowest BCUT2D eigenvalue weighted by Gasteiger charge is -2.08. The summed E-state index contributed by atoms with van der Waals surface area (Å²) in [6.45, 7) is 5.09. The summed E-state index contributed by atoms with van der Waals surface area (Å²) in [6.07, 6.45) is 2.07. The van der Waals surface area contributed by atoms with Crippen LogP contribution in [0.2, 0.25) is 0 Å². The molecule has 0 aromatic carbocycles. The van der Waals surface area contributed by atoms with Crippen molar-refractivity contribution in [3.05, 3.63) is 0 Å². The summed E-state index contributed by atoms with van der Waals surface area (Å²) in [4.78, 5) is 15.3. The highest BCUT2D eigenvalue weighted by atomic mass is 16.2. The van der Waals surface area contributed by atoms with E-state index < -0.39 is 0 Å². The van der Waals surface area contributed by atoms with Gasteiger partial charge in [-0.15, -0.1) is 0 Å². The molecular formula is C10H20N4O. The van der Waals surface area contributed by atoms with Crippen LogP contribution in [0.15, 0.2) is 4.99 Å². The van der Waals surface area contributed by atoms with E-state index in [-0.39, 0.29) is 17.9 Å². The summed E-state index contributed by atoms with van der Waals surface area (Å²) in [5.74, 6) is 0.853. The average Bonchev–Trinajstić information content (AvgIpc) is 2.93. The minimum atomic E-state index is 0.153. The third-order valence-corrected chi connectivity index (χ3v) is 2.08. The van der Waals surface area contributed by atoms with Crippen molar-refractivity contribution >= 4 is 11.9 Å². The van der Waals surface area contributed by atoms with Gasteiger partial charge in [0.15, 0.2) is 5.96 Å². The normalized spacial score (nSPS) is 16.6. The number of nitrogens with two attached hydrogens (primary N) is 1. The van der Waals surface area contributed by atoms with E-state index in [1.807, 2.05) is 13.8 Å². The van der Waals surface area contributed by atoms with E-state index in [1.165, 1.54) is 0 Å². The maximum Gasteiger partial charge on any atom is 0.223 e. The van der Waals surface area contributed by atoms with Crippen LogP contribution in [0.4, 0.5) is 0 Å². The van der Waals surface area contributed by atoms with Gasteiger partial charge in [-0.2, -0.15) is 0 Å². The van der Waals surface area contributed by atoms with Gasteiger partial charge in [0.25, 0.3) is 0 Å². The van der Waals surface area contributed by atoms with Gasteiger partial charge in [0.2, 0.25) is 5.91 Å². The first-order valence-corrected chi connectivity index (χ1v) is 5.43. The summed E-state index contributed by atoms with van der Waals surface area (Å²) in [7, 11) is 0. The zero-order valence-electron chi connectivity index (χ0n) is 9.42. The summed E-state index contributed by atoms with van der Waals surface area (Å²) in [6, 6.07) is 0.287. The maximum atomic E-state index is 11.2. The molecule has 1 aliphatic carbocycles. The standard InChI is InChI=1S/C10H20N4O/c1-7(2)14-10(11)13-6-5-12-9(15)8-3-4-8/h7-8H,3-6H2,1-2H3,(H,12,15)(H3,11,13,14). The Morgan fingerprint density at radius 3 is 2.73 bits per heavy atom. The van der Waals surface area contributed by atoms with Crippen LogP contribution < -0.4 is 16.4 Å². The molecular weight excluding hydrogens is 192 g/mol. The zero-order valence-corrected chi connectivity index (χ0v) is 9.42. The molecule has 1 rings (SSSR count). The number of hydrogen-bond donors (Lipinski definition) is 3. The van der Waals surface area contributed by atoms with Crippen LogP contribution in [0.3, 0.4) is 0 Å². The third kappa shape index (κ3) is 5.24. The molecule has 0 bridgehead atoms. The first-order chi connectivity index (χ1) is 7.09. The van der Waals surface area contributed by atoms with Crippen LogP contribution in [0.1, 0.15) is 26.7 Å². The minimum Gasteiger partial charge on any atom is -0.370 e. The first kappa shape index (κ1) is 11.8. The molecule has 1 amide bonds. The van der Waals surface area contributed by atoms with Crippen molar-refractivity contribution in [2.45, 2.75) is 32.7 Å². The highest BCUT2D eigenvalue weighted by Gasteiger charge is 2.28. The van der Waals surface area contributed by atoms with Crippen LogP contribution in [-0.4, -0.2) is 31.0 Å². The van der Waals surface area contributed by atoms with Crippen LogP contribution >= 0.6 is 0 Å². The number of carbonyl (C=O) groups is 1. The quantitative estimate of drug-likeness (QED) is 0.336. The van der Waals surface area contributed by atoms with Crippen molar-refractivity contribution in [3.63, 3.8) is 0 Å². The number of nitrogens with one attached hydrogen (secondary N) is 2. The van der Waals surface area contributed by atoms with E-state index in [4.69, 9.17) is 5.73 Å². The highest BCUT2D eigenvalue weighted by molar-refractivity contribution is 5.81. The minimum absolute atomic E-state index is 0.153. The predicted octanol–water partition coefficient (Wildman–Crippen LogP) is -0.175. The lowest BCUT2D eigenvalue weighted by atomic mass is 10.4. The largest absolute Gasteiger partial charge is 0.370 e. The number of carbonyl (C=O) groups excluding carboxylic acids is 1. The molecule has 1 saturated carbocycles. The van der Waals surface area contributed by atoms with Gasteiger partial charge in [-0.25, -0.2) is 0 Å². The van der Waals surface area contributed by atoms with E-state index in [9.17, 15) is 4.79 Å². The van der Waals surface area contributed by atoms with Gasteiger partial charge in [-0.1, -0.05) is 0 Å².